The molecule has 0 heterocycles. The second-order valence-electron chi connectivity index (χ2n) is 5.94. The van der Waals surface area contributed by atoms with Gasteiger partial charge in [0, 0.05) is 19.6 Å². The van der Waals surface area contributed by atoms with Gasteiger partial charge >= 0.3 is 0 Å². The van der Waals surface area contributed by atoms with E-state index in [4.69, 9.17) is 10.5 Å². The normalized spacial score (nSPS) is 26.6. The van der Waals surface area contributed by atoms with Crippen molar-refractivity contribution in [3.8, 4) is 0 Å². The van der Waals surface area contributed by atoms with Crippen LogP contribution in [0.4, 0.5) is 0 Å². The summed E-state index contributed by atoms with van der Waals surface area (Å²) in [5.41, 5.74) is 5.47. The molecule has 4 heteroatoms. The van der Waals surface area contributed by atoms with E-state index in [0.29, 0.717) is 30.9 Å². The number of hydrogen-bond donors (Lipinski definition) is 2. The monoisotopic (exact) mass is 256 g/mol. The van der Waals surface area contributed by atoms with E-state index in [1.54, 1.807) is 0 Å². The highest BCUT2D eigenvalue weighted by Crippen LogP contribution is 2.32. The van der Waals surface area contributed by atoms with Gasteiger partial charge in [-0.1, -0.05) is 13.8 Å². The molecule has 1 atom stereocenters. The molecular formula is C14H28N2O2. The number of amides is 1. The molecule has 1 saturated carbocycles. The van der Waals surface area contributed by atoms with Crippen molar-refractivity contribution in [3.63, 3.8) is 0 Å². The Kier molecular flexibility index (Phi) is 5.60. The number of ether oxygens (including phenoxy) is 1. The molecule has 106 valence electrons. The van der Waals surface area contributed by atoms with Gasteiger partial charge in [-0.05, 0) is 38.5 Å². The van der Waals surface area contributed by atoms with Crippen molar-refractivity contribution in [2.75, 3.05) is 13.2 Å². The zero-order chi connectivity index (χ0) is 13.8. The lowest BCUT2D eigenvalue weighted by molar-refractivity contribution is -0.126. The standard InChI is InChI=1S/C14H28N2O2/c1-5-18-12-6-11(7-12)8-13(17)16-14(4,9-15)10(2)3/h10-12H,5-9,15H2,1-4H3,(H,16,17). The van der Waals surface area contributed by atoms with Crippen LogP contribution in [-0.2, 0) is 9.53 Å². The second kappa shape index (κ2) is 6.53. The highest BCUT2D eigenvalue weighted by Gasteiger charge is 2.33. The fourth-order valence-electron chi connectivity index (χ4n) is 2.28. The zero-order valence-electron chi connectivity index (χ0n) is 12.2. The minimum atomic E-state index is -0.292. The fourth-order valence-corrected chi connectivity index (χ4v) is 2.28. The molecule has 1 rings (SSSR count). The van der Waals surface area contributed by atoms with Crippen molar-refractivity contribution in [1.29, 1.82) is 0 Å². The van der Waals surface area contributed by atoms with Crippen molar-refractivity contribution in [2.45, 2.75) is 58.6 Å². The summed E-state index contributed by atoms with van der Waals surface area (Å²) >= 11 is 0. The molecule has 0 aliphatic heterocycles. The molecule has 0 bridgehead atoms. The molecule has 1 fully saturated rings. The summed E-state index contributed by atoms with van der Waals surface area (Å²) in [4.78, 5) is 12.0. The summed E-state index contributed by atoms with van der Waals surface area (Å²) in [5.74, 6) is 0.941. The van der Waals surface area contributed by atoms with E-state index in [1.807, 2.05) is 13.8 Å². The molecule has 0 aromatic carbocycles. The Bertz CT molecular complexity index is 275. The van der Waals surface area contributed by atoms with Gasteiger partial charge in [0.2, 0.25) is 5.91 Å². The van der Waals surface area contributed by atoms with Crippen LogP contribution in [-0.4, -0.2) is 30.7 Å². The Morgan fingerprint density at radius 1 is 1.50 bits per heavy atom. The minimum Gasteiger partial charge on any atom is -0.378 e. The van der Waals surface area contributed by atoms with E-state index >= 15 is 0 Å². The number of rotatable bonds is 7. The maximum Gasteiger partial charge on any atom is 0.220 e. The van der Waals surface area contributed by atoms with E-state index < -0.39 is 0 Å². The first kappa shape index (κ1) is 15.4. The van der Waals surface area contributed by atoms with Gasteiger partial charge in [-0.25, -0.2) is 0 Å². The summed E-state index contributed by atoms with van der Waals surface area (Å²) in [6.07, 6.45) is 3.01. The molecule has 3 N–H and O–H groups in total. The lowest BCUT2D eigenvalue weighted by Gasteiger charge is -2.37. The molecule has 0 aromatic rings. The quantitative estimate of drug-likeness (QED) is 0.728. The van der Waals surface area contributed by atoms with Crippen molar-refractivity contribution in [3.05, 3.63) is 0 Å². The first-order valence-corrected chi connectivity index (χ1v) is 7.04. The first-order chi connectivity index (χ1) is 8.41. The van der Waals surface area contributed by atoms with Crippen LogP contribution in [0.3, 0.4) is 0 Å². The summed E-state index contributed by atoms with van der Waals surface area (Å²) in [6, 6.07) is 0. The van der Waals surface area contributed by atoms with Crippen LogP contribution >= 0.6 is 0 Å². The van der Waals surface area contributed by atoms with Gasteiger partial charge in [-0.3, -0.25) is 4.79 Å². The summed E-state index contributed by atoms with van der Waals surface area (Å²) < 4.78 is 5.50. The van der Waals surface area contributed by atoms with Crippen molar-refractivity contribution < 1.29 is 9.53 Å². The maximum absolute atomic E-state index is 12.0. The molecule has 0 saturated heterocycles. The molecule has 1 aliphatic rings. The summed E-state index contributed by atoms with van der Waals surface area (Å²) in [6.45, 7) is 9.43. The maximum atomic E-state index is 12.0. The topological polar surface area (TPSA) is 64.3 Å². The van der Waals surface area contributed by atoms with Crippen LogP contribution in [0.2, 0.25) is 0 Å². The van der Waals surface area contributed by atoms with Gasteiger partial charge in [0.25, 0.3) is 0 Å². The molecule has 0 radical (unpaired) electrons. The summed E-state index contributed by atoms with van der Waals surface area (Å²) in [5, 5.41) is 3.08. The Balaban J connectivity index is 2.30. The smallest absolute Gasteiger partial charge is 0.220 e. The van der Waals surface area contributed by atoms with E-state index in [-0.39, 0.29) is 11.4 Å². The number of carbonyl (C=O) groups excluding carboxylic acids is 1. The molecule has 0 spiro atoms. The van der Waals surface area contributed by atoms with Gasteiger partial charge in [0.05, 0.1) is 11.6 Å². The van der Waals surface area contributed by atoms with Gasteiger partial charge in [-0.15, -0.1) is 0 Å². The average Bonchev–Trinajstić information content (AvgIpc) is 2.25. The third kappa shape index (κ3) is 3.95. The summed E-state index contributed by atoms with van der Waals surface area (Å²) in [7, 11) is 0. The van der Waals surface area contributed by atoms with E-state index in [2.05, 4.69) is 19.2 Å². The zero-order valence-corrected chi connectivity index (χ0v) is 12.2. The van der Waals surface area contributed by atoms with Crippen LogP contribution in [0.1, 0.15) is 47.0 Å². The van der Waals surface area contributed by atoms with Gasteiger partial charge in [-0.2, -0.15) is 0 Å². The predicted octanol–water partition coefficient (Wildman–Crippen LogP) is 1.68. The second-order valence-corrected chi connectivity index (χ2v) is 5.94. The van der Waals surface area contributed by atoms with Crippen LogP contribution in [0, 0.1) is 11.8 Å². The Labute approximate surface area is 111 Å². The number of nitrogens with two attached hydrogens (primary N) is 1. The molecule has 1 unspecified atom stereocenters. The van der Waals surface area contributed by atoms with Gasteiger partial charge in [0.15, 0.2) is 0 Å². The highest BCUT2D eigenvalue weighted by atomic mass is 16.5. The molecule has 1 aliphatic carbocycles. The predicted molar refractivity (Wildman–Crippen MR) is 73.2 cm³/mol. The molecule has 1 amide bonds. The van der Waals surface area contributed by atoms with Crippen LogP contribution in [0.5, 0.6) is 0 Å². The molecule has 0 aromatic heterocycles. The van der Waals surface area contributed by atoms with E-state index in [0.717, 1.165) is 19.4 Å². The number of hydrogen-bond acceptors (Lipinski definition) is 3. The van der Waals surface area contributed by atoms with Crippen LogP contribution in [0.25, 0.3) is 0 Å². The largest absolute Gasteiger partial charge is 0.378 e. The molecular weight excluding hydrogens is 228 g/mol. The Morgan fingerprint density at radius 2 is 2.11 bits per heavy atom. The average molecular weight is 256 g/mol. The third-order valence-corrected chi connectivity index (χ3v) is 4.19. The van der Waals surface area contributed by atoms with Crippen LogP contribution < -0.4 is 11.1 Å². The Morgan fingerprint density at radius 3 is 2.56 bits per heavy atom. The first-order valence-electron chi connectivity index (χ1n) is 7.04. The van der Waals surface area contributed by atoms with E-state index in [1.165, 1.54) is 0 Å². The van der Waals surface area contributed by atoms with Gasteiger partial charge in [0.1, 0.15) is 0 Å². The van der Waals surface area contributed by atoms with Gasteiger partial charge < -0.3 is 15.8 Å². The van der Waals surface area contributed by atoms with Crippen molar-refractivity contribution in [1.82, 2.24) is 5.32 Å². The lowest BCUT2D eigenvalue weighted by atomic mass is 9.79. The molecule has 18 heavy (non-hydrogen) atoms. The van der Waals surface area contributed by atoms with E-state index in [9.17, 15) is 4.79 Å². The minimum absolute atomic E-state index is 0.122. The number of carbonyl (C=O) groups is 1. The molecule has 4 nitrogen and oxygen atoms in total. The lowest BCUT2D eigenvalue weighted by Crippen LogP contribution is -2.55. The Hall–Kier alpha value is -0.610. The number of nitrogens with one attached hydrogen (secondary N) is 1. The van der Waals surface area contributed by atoms with Crippen molar-refractivity contribution in [2.24, 2.45) is 17.6 Å². The third-order valence-electron chi connectivity index (χ3n) is 4.19. The van der Waals surface area contributed by atoms with Crippen LogP contribution in [0.15, 0.2) is 0 Å². The fraction of sp³-hybridized carbons (Fsp3) is 0.929. The SMILES string of the molecule is CCOC1CC(CC(=O)NC(C)(CN)C(C)C)C1. The highest BCUT2D eigenvalue weighted by molar-refractivity contribution is 5.77. The van der Waals surface area contributed by atoms with Crippen molar-refractivity contribution >= 4 is 5.91 Å².